The summed E-state index contributed by atoms with van der Waals surface area (Å²) in [6.45, 7) is 8.94. The van der Waals surface area contributed by atoms with Gasteiger partial charge in [-0.05, 0) is 49.9 Å². The van der Waals surface area contributed by atoms with Crippen molar-refractivity contribution in [3.05, 3.63) is 28.8 Å². The Morgan fingerprint density at radius 1 is 1.35 bits per heavy atom. The van der Waals surface area contributed by atoms with Crippen LogP contribution in [0.2, 0.25) is 5.02 Å². The highest BCUT2D eigenvalue weighted by Gasteiger charge is 2.17. The number of rotatable bonds is 5. The van der Waals surface area contributed by atoms with Crippen LogP contribution in [0.1, 0.15) is 33.3 Å². The Labute approximate surface area is 109 Å². The molecule has 0 unspecified atom stereocenters. The summed E-state index contributed by atoms with van der Waals surface area (Å²) >= 11 is 6.19. The van der Waals surface area contributed by atoms with Crippen molar-refractivity contribution in [2.45, 2.75) is 40.2 Å². The average molecular weight is 256 g/mol. The Morgan fingerprint density at radius 3 is 2.47 bits per heavy atom. The second kappa shape index (κ2) is 5.74. The van der Waals surface area contributed by atoms with Crippen LogP contribution in [-0.2, 0) is 6.42 Å². The SMILES string of the molecule is CC(C)Oc1ccc(CC(C)(C)CN)cc1Cl. The van der Waals surface area contributed by atoms with Gasteiger partial charge in [0, 0.05) is 0 Å². The lowest BCUT2D eigenvalue weighted by molar-refractivity contribution is 0.242. The number of halogens is 1. The fourth-order valence-electron chi connectivity index (χ4n) is 1.63. The highest BCUT2D eigenvalue weighted by Crippen LogP contribution is 2.29. The van der Waals surface area contributed by atoms with Crippen molar-refractivity contribution in [1.82, 2.24) is 0 Å². The van der Waals surface area contributed by atoms with E-state index in [1.54, 1.807) is 0 Å². The molecule has 1 aromatic rings. The molecule has 0 aliphatic rings. The number of hydrogen-bond acceptors (Lipinski definition) is 2. The highest BCUT2D eigenvalue weighted by atomic mass is 35.5. The van der Waals surface area contributed by atoms with Crippen molar-refractivity contribution in [2.75, 3.05) is 6.54 Å². The molecule has 0 spiro atoms. The van der Waals surface area contributed by atoms with E-state index >= 15 is 0 Å². The molecular weight excluding hydrogens is 234 g/mol. The topological polar surface area (TPSA) is 35.2 Å². The van der Waals surface area contributed by atoms with Gasteiger partial charge in [0.05, 0.1) is 11.1 Å². The van der Waals surface area contributed by atoms with E-state index in [1.807, 2.05) is 26.0 Å². The third-order valence-electron chi connectivity index (χ3n) is 2.59. The molecule has 3 heteroatoms. The van der Waals surface area contributed by atoms with Gasteiger partial charge in [-0.2, -0.15) is 0 Å². The first-order chi connectivity index (χ1) is 7.84. The quantitative estimate of drug-likeness (QED) is 0.872. The summed E-state index contributed by atoms with van der Waals surface area (Å²) in [6.07, 6.45) is 1.06. The molecule has 0 fully saturated rings. The van der Waals surface area contributed by atoms with Gasteiger partial charge in [-0.1, -0.05) is 31.5 Å². The fraction of sp³-hybridized carbons (Fsp3) is 0.571. The van der Waals surface area contributed by atoms with Gasteiger partial charge in [-0.3, -0.25) is 0 Å². The molecule has 1 rings (SSSR count). The molecule has 0 aliphatic carbocycles. The smallest absolute Gasteiger partial charge is 0.138 e. The maximum absolute atomic E-state index is 6.19. The summed E-state index contributed by atoms with van der Waals surface area (Å²) in [5, 5.41) is 0.670. The van der Waals surface area contributed by atoms with Crippen LogP contribution in [0.25, 0.3) is 0 Å². The molecular formula is C14H22ClNO. The Balaban J connectivity index is 2.82. The Bertz CT molecular complexity index is 374. The van der Waals surface area contributed by atoms with E-state index in [1.165, 1.54) is 5.56 Å². The molecule has 1 aromatic carbocycles. The summed E-state index contributed by atoms with van der Waals surface area (Å²) in [4.78, 5) is 0. The minimum atomic E-state index is 0.101. The van der Waals surface area contributed by atoms with E-state index in [0.717, 1.165) is 12.2 Å². The van der Waals surface area contributed by atoms with Gasteiger partial charge in [-0.25, -0.2) is 0 Å². The van der Waals surface area contributed by atoms with Gasteiger partial charge in [0.2, 0.25) is 0 Å². The number of nitrogens with two attached hydrogens (primary N) is 1. The van der Waals surface area contributed by atoms with Crippen molar-refractivity contribution in [2.24, 2.45) is 11.1 Å². The van der Waals surface area contributed by atoms with Gasteiger partial charge in [0.25, 0.3) is 0 Å². The zero-order valence-electron chi connectivity index (χ0n) is 11.1. The molecule has 0 amide bonds. The predicted molar refractivity (Wildman–Crippen MR) is 73.8 cm³/mol. The van der Waals surface area contributed by atoms with Gasteiger partial charge in [-0.15, -0.1) is 0 Å². The lowest BCUT2D eigenvalue weighted by Gasteiger charge is -2.22. The summed E-state index contributed by atoms with van der Waals surface area (Å²) in [5.41, 5.74) is 7.03. The standard InChI is InChI=1S/C14H22ClNO/c1-10(2)17-13-6-5-11(7-12(13)15)8-14(3,4)9-16/h5-7,10H,8-9,16H2,1-4H3. The minimum Gasteiger partial charge on any atom is -0.489 e. The first-order valence-electron chi connectivity index (χ1n) is 5.99. The van der Waals surface area contributed by atoms with Gasteiger partial charge in [0.1, 0.15) is 5.75 Å². The molecule has 0 saturated heterocycles. The monoisotopic (exact) mass is 255 g/mol. The van der Waals surface area contributed by atoms with Crippen LogP contribution in [0, 0.1) is 5.41 Å². The number of ether oxygens (including phenoxy) is 1. The van der Waals surface area contributed by atoms with E-state index in [2.05, 4.69) is 19.9 Å². The second-order valence-corrected chi connectivity index (χ2v) is 5.88. The number of hydrogen-bond donors (Lipinski definition) is 1. The summed E-state index contributed by atoms with van der Waals surface area (Å²) in [5.74, 6) is 0.746. The van der Waals surface area contributed by atoms with Crippen molar-refractivity contribution in [3.63, 3.8) is 0 Å². The van der Waals surface area contributed by atoms with Crippen LogP contribution in [0.3, 0.4) is 0 Å². The summed E-state index contributed by atoms with van der Waals surface area (Å²) < 4.78 is 5.60. The lowest BCUT2D eigenvalue weighted by atomic mass is 9.86. The van der Waals surface area contributed by atoms with Crippen LogP contribution < -0.4 is 10.5 Å². The fourth-order valence-corrected chi connectivity index (χ4v) is 1.88. The molecule has 0 heterocycles. The summed E-state index contributed by atoms with van der Waals surface area (Å²) in [7, 11) is 0. The van der Waals surface area contributed by atoms with E-state index < -0.39 is 0 Å². The first-order valence-corrected chi connectivity index (χ1v) is 6.37. The molecule has 2 nitrogen and oxygen atoms in total. The van der Waals surface area contributed by atoms with Crippen molar-refractivity contribution >= 4 is 11.6 Å². The van der Waals surface area contributed by atoms with E-state index in [4.69, 9.17) is 22.1 Å². The summed E-state index contributed by atoms with van der Waals surface area (Å²) in [6, 6.07) is 5.96. The van der Waals surface area contributed by atoms with Crippen LogP contribution >= 0.6 is 11.6 Å². The Morgan fingerprint density at radius 2 is 2.00 bits per heavy atom. The molecule has 0 aromatic heterocycles. The normalized spacial score (nSPS) is 11.9. The average Bonchev–Trinajstić information content (AvgIpc) is 2.21. The maximum Gasteiger partial charge on any atom is 0.138 e. The first kappa shape index (κ1) is 14.3. The van der Waals surface area contributed by atoms with Crippen LogP contribution in [0.15, 0.2) is 18.2 Å². The maximum atomic E-state index is 6.19. The van der Waals surface area contributed by atoms with Crippen molar-refractivity contribution < 1.29 is 4.74 Å². The minimum absolute atomic E-state index is 0.101. The third kappa shape index (κ3) is 4.57. The molecule has 0 aliphatic heterocycles. The van der Waals surface area contributed by atoms with E-state index in [0.29, 0.717) is 11.6 Å². The van der Waals surface area contributed by atoms with E-state index in [9.17, 15) is 0 Å². The molecule has 0 atom stereocenters. The Hall–Kier alpha value is -0.730. The van der Waals surface area contributed by atoms with Crippen LogP contribution in [-0.4, -0.2) is 12.6 Å². The molecule has 2 N–H and O–H groups in total. The molecule has 0 radical (unpaired) electrons. The zero-order chi connectivity index (χ0) is 13.1. The third-order valence-corrected chi connectivity index (χ3v) is 2.89. The molecule has 0 bridgehead atoms. The van der Waals surface area contributed by atoms with Gasteiger partial charge in [0.15, 0.2) is 0 Å². The largest absolute Gasteiger partial charge is 0.489 e. The lowest BCUT2D eigenvalue weighted by Crippen LogP contribution is -2.25. The van der Waals surface area contributed by atoms with Crippen LogP contribution in [0.5, 0.6) is 5.75 Å². The molecule has 0 saturated carbocycles. The predicted octanol–water partition coefficient (Wildman–Crippen LogP) is 3.65. The van der Waals surface area contributed by atoms with Gasteiger partial charge < -0.3 is 10.5 Å². The highest BCUT2D eigenvalue weighted by molar-refractivity contribution is 6.32. The zero-order valence-corrected chi connectivity index (χ0v) is 11.8. The van der Waals surface area contributed by atoms with Crippen molar-refractivity contribution in [3.8, 4) is 5.75 Å². The van der Waals surface area contributed by atoms with Crippen molar-refractivity contribution in [1.29, 1.82) is 0 Å². The molecule has 17 heavy (non-hydrogen) atoms. The Kier molecular flexibility index (Phi) is 4.84. The second-order valence-electron chi connectivity index (χ2n) is 5.48. The number of benzene rings is 1. The van der Waals surface area contributed by atoms with Gasteiger partial charge >= 0.3 is 0 Å². The molecule has 96 valence electrons. The van der Waals surface area contributed by atoms with Crippen LogP contribution in [0.4, 0.5) is 0 Å². The van der Waals surface area contributed by atoms with E-state index in [-0.39, 0.29) is 11.5 Å².